The van der Waals surface area contributed by atoms with Gasteiger partial charge in [0.25, 0.3) is 5.92 Å². The van der Waals surface area contributed by atoms with Gasteiger partial charge in [-0.2, -0.15) is 0 Å². The lowest BCUT2D eigenvalue weighted by atomic mass is 10.0. The largest absolute Gasteiger partial charge is 0.481 e. The minimum absolute atomic E-state index is 0.137. The van der Waals surface area contributed by atoms with Crippen molar-refractivity contribution in [3.8, 4) is 22.7 Å². The van der Waals surface area contributed by atoms with Gasteiger partial charge in [-0.3, -0.25) is 18.9 Å². The number of alkyl halides is 2. The Morgan fingerprint density at radius 2 is 1.73 bits per heavy atom. The van der Waals surface area contributed by atoms with Gasteiger partial charge >= 0.3 is 5.69 Å². The first-order chi connectivity index (χ1) is 17.6. The molecule has 3 heterocycles. The van der Waals surface area contributed by atoms with Crippen LogP contribution in [-0.2, 0) is 17.8 Å². The van der Waals surface area contributed by atoms with Crippen molar-refractivity contribution in [2.24, 2.45) is 12.8 Å². The summed E-state index contributed by atoms with van der Waals surface area (Å²) in [5.74, 6) is -3.97. The molecule has 0 saturated heterocycles. The van der Waals surface area contributed by atoms with Crippen molar-refractivity contribution in [2.45, 2.75) is 12.8 Å². The second-order valence-electron chi connectivity index (χ2n) is 8.18. The summed E-state index contributed by atoms with van der Waals surface area (Å²) in [6.07, 6.45) is 3.48. The molecule has 0 atom stereocenters. The summed E-state index contributed by atoms with van der Waals surface area (Å²) in [6, 6.07) is 12.4. The molecule has 0 spiro atoms. The van der Waals surface area contributed by atoms with E-state index in [-0.39, 0.29) is 12.1 Å². The van der Waals surface area contributed by atoms with Gasteiger partial charge in [0.1, 0.15) is 5.82 Å². The molecule has 0 fully saturated rings. The molecule has 0 saturated carbocycles. The second kappa shape index (κ2) is 9.76. The Hall–Kier alpha value is -4.67. The van der Waals surface area contributed by atoms with Gasteiger partial charge in [0.05, 0.1) is 41.1 Å². The lowest BCUT2D eigenvalue weighted by molar-refractivity contribution is -0.106. The predicted octanol–water partition coefficient (Wildman–Crippen LogP) is 4.30. The summed E-state index contributed by atoms with van der Waals surface area (Å²) >= 11 is 0. The van der Waals surface area contributed by atoms with Crippen LogP contribution in [-0.4, -0.2) is 32.6 Å². The molecule has 2 N–H and O–H groups in total. The van der Waals surface area contributed by atoms with Crippen LogP contribution in [0, 0.1) is 5.82 Å². The van der Waals surface area contributed by atoms with Gasteiger partial charge in [-0.15, -0.1) is 0 Å². The molecule has 5 aromatic rings. The van der Waals surface area contributed by atoms with Crippen LogP contribution in [0.5, 0.6) is 5.88 Å². The monoisotopic (exact) mass is 509 g/mol. The van der Waals surface area contributed by atoms with Crippen LogP contribution in [0.1, 0.15) is 12.5 Å². The van der Waals surface area contributed by atoms with Crippen LogP contribution in [0.2, 0.25) is 0 Å². The summed E-state index contributed by atoms with van der Waals surface area (Å²) in [7, 11) is 3.11. The van der Waals surface area contributed by atoms with E-state index in [1.807, 2.05) is 24.3 Å². The number of ether oxygens (including phenoxy) is 1. The zero-order valence-corrected chi connectivity index (χ0v) is 20.1. The summed E-state index contributed by atoms with van der Waals surface area (Å²) in [5.41, 5.74) is 6.31. The predicted molar refractivity (Wildman–Crippen MR) is 133 cm³/mol. The van der Waals surface area contributed by atoms with Crippen molar-refractivity contribution >= 4 is 28.3 Å². The number of primary amides is 1. The molecule has 0 aliphatic heterocycles. The summed E-state index contributed by atoms with van der Waals surface area (Å²) in [4.78, 5) is 30.5. The summed E-state index contributed by atoms with van der Waals surface area (Å²) < 4.78 is 50.0. The number of aromatic nitrogens is 4. The third-order valence-electron chi connectivity index (χ3n) is 5.84. The van der Waals surface area contributed by atoms with Crippen LogP contribution >= 0.6 is 0 Å². The minimum Gasteiger partial charge on any atom is -0.481 e. The first-order valence-corrected chi connectivity index (χ1v) is 10.9. The number of carbonyl (C=O) groups excluding carboxylic acids is 1. The van der Waals surface area contributed by atoms with Gasteiger partial charge in [-0.25, -0.2) is 22.9 Å². The fourth-order valence-electron chi connectivity index (χ4n) is 4.08. The van der Waals surface area contributed by atoms with Crippen molar-refractivity contribution in [1.29, 1.82) is 0 Å². The molecule has 0 aliphatic carbocycles. The number of nitrogens with two attached hydrogens (primary N) is 1. The highest BCUT2D eigenvalue weighted by molar-refractivity contribution is 6.04. The number of fused-ring (bicyclic) bond motifs is 3. The van der Waals surface area contributed by atoms with Gasteiger partial charge < -0.3 is 10.5 Å². The molecular formula is C26H22F3N5O3. The second-order valence-corrected chi connectivity index (χ2v) is 8.18. The van der Waals surface area contributed by atoms with Crippen LogP contribution < -0.4 is 16.2 Å². The van der Waals surface area contributed by atoms with Crippen molar-refractivity contribution < 1.29 is 22.7 Å². The number of halogens is 3. The smallest absolute Gasteiger partial charge is 0.333 e. The Morgan fingerprint density at radius 1 is 1.03 bits per heavy atom. The Labute approximate surface area is 208 Å². The topological polar surface area (TPSA) is 105 Å². The standard InChI is InChI=1S/C25H19F3N4O2.CH3NO/c1-25(27,28)18-11-16(6-7-19(18)26)32-23-17-10-14(15-5-9-22(34-3)30-12-15)4-8-20(17)29-13-21(23)31(2)24(32)33;2-1-3/h4-13H,1-3H3;1H,(H2,2,3). The first kappa shape index (κ1) is 25.4. The Bertz CT molecular complexity index is 1670. The number of imidazole rings is 1. The molecule has 3 aromatic heterocycles. The van der Waals surface area contributed by atoms with Crippen molar-refractivity contribution in [2.75, 3.05) is 7.11 Å². The van der Waals surface area contributed by atoms with Crippen LogP contribution in [0.25, 0.3) is 38.8 Å². The van der Waals surface area contributed by atoms with E-state index in [0.717, 1.165) is 23.3 Å². The maximum Gasteiger partial charge on any atom is 0.333 e. The van der Waals surface area contributed by atoms with E-state index < -0.39 is 23.0 Å². The number of rotatable bonds is 4. The number of pyridine rings is 2. The molecular weight excluding hydrogens is 487 g/mol. The highest BCUT2D eigenvalue weighted by Gasteiger charge is 2.29. The highest BCUT2D eigenvalue weighted by Crippen LogP contribution is 2.33. The highest BCUT2D eigenvalue weighted by atomic mass is 19.3. The van der Waals surface area contributed by atoms with E-state index in [1.165, 1.54) is 22.3 Å². The molecule has 2 aromatic carbocycles. The lowest BCUT2D eigenvalue weighted by Crippen LogP contribution is -2.21. The van der Waals surface area contributed by atoms with Gasteiger partial charge in [0, 0.05) is 37.2 Å². The molecule has 11 heteroatoms. The van der Waals surface area contributed by atoms with Gasteiger partial charge in [0.2, 0.25) is 12.3 Å². The van der Waals surface area contributed by atoms with Crippen LogP contribution in [0.3, 0.4) is 0 Å². The number of methoxy groups -OCH3 is 1. The molecule has 37 heavy (non-hydrogen) atoms. The van der Waals surface area contributed by atoms with Gasteiger partial charge in [0.15, 0.2) is 0 Å². The quantitative estimate of drug-likeness (QED) is 0.364. The zero-order valence-electron chi connectivity index (χ0n) is 20.1. The molecule has 0 aliphatic rings. The number of carbonyl (C=O) groups is 1. The summed E-state index contributed by atoms with van der Waals surface area (Å²) in [6.45, 7) is 0.621. The maximum atomic E-state index is 14.2. The van der Waals surface area contributed by atoms with E-state index in [2.05, 4.69) is 15.7 Å². The van der Waals surface area contributed by atoms with E-state index in [4.69, 9.17) is 9.53 Å². The molecule has 5 rings (SSSR count). The molecule has 190 valence electrons. The van der Waals surface area contributed by atoms with E-state index >= 15 is 0 Å². The van der Waals surface area contributed by atoms with Crippen LogP contribution in [0.4, 0.5) is 13.2 Å². The third-order valence-corrected chi connectivity index (χ3v) is 5.84. The normalized spacial score (nSPS) is 11.3. The maximum absolute atomic E-state index is 14.2. The van der Waals surface area contributed by atoms with E-state index in [9.17, 15) is 18.0 Å². The number of amides is 1. The number of aryl methyl sites for hydroxylation is 1. The summed E-state index contributed by atoms with van der Waals surface area (Å²) in [5, 5.41) is 0.637. The van der Waals surface area contributed by atoms with Crippen molar-refractivity contribution in [3.63, 3.8) is 0 Å². The molecule has 0 bridgehead atoms. The molecule has 0 unspecified atom stereocenters. The van der Waals surface area contributed by atoms with E-state index in [1.54, 1.807) is 25.5 Å². The van der Waals surface area contributed by atoms with Crippen molar-refractivity contribution in [1.82, 2.24) is 19.1 Å². The van der Waals surface area contributed by atoms with Crippen molar-refractivity contribution in [3.05, 3.63) is 82.8 Å². The lowest BCUT2D eigenvalue weighted by Gasteiger charge is -2.14. The Kier molecular flexibility index (Phi) is 6.71. The third kappa shape index (κ3) is 4.63. The average molecular weight is 509 g/mol. The minimum atomic E-state index is -3.41. The Morgan fingerprint density at radius 3 is 2.35 bits per heavy atom. The first-order valence-electron chi connectivity index (χ1n) is 10.9. The molecule has 0 radical (unpaired) electrons. The fraction of sp³-hybridized carbons (Fsp3) is 0.154. The molecule has 1 amide bonds. The zero-order chi connectivity index (χ0) is 26.9. The number of hydrogen-bond donors (Lipinski definition) is 1. The fourth-order valence-corrected chi connectivity index (χ4v) is 4.08. The van der Waals surface area contributed by atoms with E-state index in [0.29, 0.717) is 34.7 Å². The SMILES string of the molecule is COc1ccc(-c2ccc3ncc4c(c3c2)n(-c2ccc(F)c(C(C)(F)F)c2)c(=O)n4C)cn1.NC=O. The number of benzene rings is 2. The number of hydrogen-bond acceptors (Lipinski definition) is 5. The average Bonchev–Trinajstić information content (AvgIpc) is 3.14. The number of nitrogens with zero attached hydrogens (tertiary/aromatic N) is 4. The van der Waals surface area contributed by atoms with Gasteiger partial charge in [-0.05, 0) is 42.0 Å². The molecule has 8 nitrogen and oxygen atoms in total. The Balaban J connectivity index is 0.00000102. The van der Waals surface area contributed by atoms with Crippen LogP contribution in [0.15, 0.2) is 65.7 Å². The van der Waals surface area contributed by atoms with Gasteiger partial charge in [-0.1, -0.05) is 6.07 Å².